The number of benzene rings is 2. The van der Waals surface area contributed by atoms with E-state index >= 15 is 0 Å². The first-order valence-corrected chi connectivity index (χ1v) is 6.86. The Bertz CT molecular complexity index is 795. The van der Waals surface area contributed by atoms with Gasteiger partial charge in [0, 0.05) is 10.6 Å². The fourth-order valence-electron chi connectivity index (χ4n) is 2.78. The Balaban J connectivity index is 2.28. The fraction of sp³-hybridized carbons (Fsp3) is 0.188. The van der Waals surface area contributed by atoms with Crippen LogP contribution in [0.1, 0.15) is 16.7 Å². The van der Waals surface area contributed by atoms with Crippen LogP contribution in [0.5, 0.6) is 0 Å². The summed E-state index contributed by atoms with van der Waals surface area (Å²) in [5, 5.41) is 0.613. The van der Waals surface area contributed by atoms with Gasteiger partial charge in [0.15, 0.2) is 0 Å². The van der Waals surface area contributed by atoms with E-state index in [1.165, 1.54) is 16.7 Å². The molecular weight excluding hydrogens is 270 g/mol. The maximum atomic E-state index is 6.03. The van der Waals surface area contributed by atoms with E-state index in [4.69, 9.17) is 17.3 Å². The van der Waals surface area contributed by atoms with Gasteiger partial charge in [-0.3, -0.25) is 0 Å². The first kappa shape index (κ1) is 13.0. The molecule has 0 aliphatic carbocycles. The van der Waals surface area contributed by atoms with Crippen LogP contribution in [0.2, 0.25) is 5.02 Å². The summed E-state index contributed by atoms with van der Waals surface area (Å²) < 4.78 is 0. The van der Waals surface area contributed by atoms with Crippen molar-refractivity contribution in [1.29, 1.82) is 0 Å². The molecule has 0 bridgehead atoms. The minimum absolute atomic E-state index is 0.595. The normalized spacial score (nSPS) is 11.2. The van der Waals surface area contributed by atoms with Crippen molar-refractivity contribution < 1.29 is 0 Å². The number of imidazole rings is 1. The molecule has 3 rings (SSSR count). The van der Waals surface area contributed by atoms with Gasteiger partial charge in [-0.05, 0) is 44.0 Å². The maximum Gasteiger partial charge on any atom is 0.139 e. The molecule has 0 aliphatic rings. The van der Waals surface area contributed by atoms with E-state index in [1.54, 1.807) is 6.07 Å². The first-order valence-electron chi connectivity index (χ1n) is 6.48. The standard InChI is InChI=1S/C16H16ClN3/c1-8-4-9(2)14(10(3)5-8)16-19-13-7-11(17)6-12(18)15(13)20-16/h4-7H,18H2,1-3H3,(H,19,20). The Morgan fingerprint density at radius 2 is 1.70 bits per heavy atom. The Morgan fingerprint density at radius 3 is 2.35 bits per heavy atom. The minimum Gasteiger partial charge on any atom is -0.397 e. The lowest BCUT2D eigenvalue weighted by molar-refractivity contribution is 1.25. The van der Waals surface area contributed by atoms with E-state index in [0.717, 1.165) is 22.4 Å². The molecular formula is C16H16ClN3. The molecule has 0 unspecified atom stereocenters. The van der Waals surface area contributed by atoms with Crippen LogP contribution in [0.4, 0.5) is 5.69 Å². The Hall–Kier alpha value is -2.00. The third kappa shape index (κ3) is 2.04. The topological polar surface area (TPSA) is 54.7 Å². The van der Waals surface area contributed by atoms with Gasteiger partial charge in [-0.2, -0.15) is 0 Å². The van der Waals surface area contributed by atoms with Crippen molar-refractivity contribution in [3.05, 3.63) is 46.0 Å². The molecule has 0 fully saturated rings. The lowest BCUT2D eigenvalue weighted by Gasteiger charge is -2.08. The van der Waals surface area contributed by atoms with Crippen LogP contribution in [0, 0.1) is 20.8 Å². The lowest BCUT2D eigenvalue weighted by Crippen LogP contribution is -1.91. The number of nitrogen functional groups attached to an aromatic ring is 1. The monoisotopic (exact) mass is 285 g/mol. The average molecular weight is 286 g/mol. The van der Waals surface area contributed by atoms with Crippen LogP contribution < -0.4 is 5.73 Å². The molecule has 2 aromatic carbocycles. The molecule has 0 saturated heterocycles. The smallest absolute Gasteiger partial charge is 0.139 e. The molecule has 0 atom stereocenters. The van der Waals surface area contributed by atoms with Gasteiger partial charge in [0.05, 0.1) is 11.2 Å². The molecule has 0 radical (unpaired) electrons. The summed E-state index contributed by atoms with van der Waals surface area (Å²) in [7, 11) is 0. The summed E-state index contributed by atoms with van der Waals surface area (Å²) in [5.74, 6) is 0.837. The van der Waals surface area contributed by atoms with Crippen LogP contribution in [0.15, 0.2) is 24.3 Å². The molecule has 20 heavy (non-hydrogen) atoms. The number of fused-ring (bicyclic) bond motifs is 1. The highest BCUT2D eigenvalue weighted by Gasteiger charge is 2.13. The number of aromatic amines is 1. The Labute approximate surface area is 122 Å². The highest BCUT2D eigenvalue weighted by atomic mass is 35.5. The second-order valence-corrected chi connectivity index (χ2v) is 5.69. The van der Waals surface area contributed by atoms with Gasteiger partial charge >= 0.3 is 0 Å². The SMILES string of the molecule is Cc1cc(C)c(-c2nc3c(N)cc(Cl)cc3[nH]2)c(C)c1. The quantitative estimate of drug-likeness (QED) is 0.652. The summed E-state index contributed by atoms with van der Waals surface area (Å²) >= 11 is 6.03. The number of H-pyrrole nitrogens is 1. The molecule has 1 aromatic heterocycles. The summed E-state index contributed by atoms with van der Waals surface area (Å²) in [6.45, 7) is 6.29. The summed E-state index contributed by atoms with van der Waals surface area (Å²) in [5.41, 5.74) is 13.0. The van der Waals surface area contributed by atoms with Crippen molar-refractivity contribution in [3.63, 3.8) is 0 Å². The number of rotatable bonds is 1. The zero-order valence-corrected chi connectivity index (χ0v) is 12.5. The average Bonchev–Trinajstić information content (AvgIpc) is 2.71. The van der Waals surface area contributed by atoms with Crippen molar-refractivity contribution in [2.45, 2.75) is 20.8 Å². The number of nitrogens with two attached hydrogens (primary N) is 1. The van der Waals surface area contributed by atoms with Crippen LogP contribution in [0.3, 0.4) is 0 Å². The molecule has 0 saturated carbocycles. The molecule has 102 valence electrons. The number of aryl methyl sites for hydroxylation is 3. The van der Waals surface area contributed by atoms with E-state index < -0.39 is 0 Å². The van der Waals surface area contributed by atoms with Crippen LogP contribution in [0.25, 0.3) is 22.4 Å². The van der Waals surface area contributed by atoms with Crippen molar-refractivity contribution in [1.82, 2.24) is 9.97 Å². The lowest BCUT2D eigenvalue weighted by atomic mass is 9.99. The highest BCUT2D eigenvalue weighted by molar-refractivity contribution is 6.31. The van der Waals surface area contributed by atoms with Gasteiger partial charge in [0.25, 0.3) is 0 Å². The third-order valence-electron chi connectivity index (χ3n) is 3.49. The second-order valence-electron chi connectivity index (χ2n) is 5.25. The summed E-state index contributed by atoms with van der Waals surface area (Å²) in [4.78, 5) is 7.95. The number of aromatic nitrogens is 2. The third-order valence-corrected chi connectivity index (χ3v) is 3.71. The van der Waals surface area contributed by atoms with Crippen LogP contribution >= 0.6 is 11.6 Å². The highest BCUT2D eigenvalue weighted by Crippen LogP contribution is 2.31. The zero-order chi connectivity index (χ0) is 14.4. The van der Waals surface area contributed by atoms with Gasteiger partial charge in [0.1, 0.15) is 11.3 Å². The van der Waals surface area contributed by atoms with E-state index in [9.17, 15) is 0 Å². The summed E-state index contributed by atoms with van der Waals surface area (Å²) in [6, 6.07) is 7.89. The van der Waals surface area contributed by atoms with Crippen LogP contribution in [-0.2, 0) is 0 Å². The van der Waals surface area contributed by atoms with E-state index in [2.05, 4.69) is 42.9 Å². The molecule has 0 aliphatic heterocycles. The summed E-state index contributed by atoms with van der Waals surface area (Å²) in [6.07, 6.45) is 0. The first-order chi connectivity index (χ1) is 9.45. The molecule has 4 heteroatoms. The second kappa shape index (κ2) is 4.53. The van der Waals surface area contributed by atoms with Gasteiger partial charge in [-0.1, -0.05) is 29.3 Å². The van der Waals surface area contributed by atoms with Crippen molar-refractivity contribution in [2.24, 2.45) is 0 Å². The molecule has 0 spiro atoms. The predicted octanol–water partition coefficient (Wildman–Crippen LogP) is 4.39. The van der Waals surface area contributed by atoms with E-state index in [0.29, 0.717) is 10.7 Å². The molecule has 1 heterocycles. The van der Waals surface area contributed by atoms with Crippen molar-refractivity contribution in [2.75, 3.05) is 5.73 Å². The van der Waals surface area contributed by atoms with E-state index in [1.807, 2.05) is 6.07 Å². The van der Waals surface area contributed by atoms with Crippen molar-refractivity contribution >= 4 is 28.3 Å². The predicted molar refractivity (Wildman–Crippen MR) is 85.2 cm³/mol. The zero-order valence-electron chi connectivity index (χ0n) is 11.7. The number of halogens is 1. The van der Waals surface area contributed by atoms with Crippen molar-refractivity contribution in [3.8, 4) is 11.4 Å². The minimum atomic E-state index is 0.595. The Kier molecular flexibility index (Phi) is 2.94. The van der Waals surface area contributed by atoms with Gasteiger partial charge in [-0.15, -0.1) is 0 Å². The number of hydrogen-bond acceptors (Lipinski definition) is 2. The molecule has 0 amide bonds. The Morgan fingerprint density at radius 1 is 1.05 bits per heavy atom. The number of anilines is 1. The molecule has 3 nitrogen and oxygen atoms in total. The van der Waals surface area contributed by atoms with Gasteiger partial charge < -0.3 is 10.7 Å². The maximum absolute atomic E-state index is 6.03. The fourth-order valence-corrected chi connectivity index (χ4v) is 3.01. The number of nitrogens with one attached hydrogen (secondary N) is 1. The van der Waals surface area contributed by atoms with Gasteiger partial charge in [-0.25, -0.2) is 4.98 Å². The molecule has 3 aromatic rings. The van der Waals surface area contributed by atoms with Gasteiger partial charge in [0.2, 0.25) is 0 Å². The molecule has 3 N–H and O–H groups in total. The number of nitrogens with zero attached hydrogens (tertiary/aromatic N) is 1. The van der Waals surface area contributed by atoms with Crippen LogP contribution in [-0.4, -0.2) is 9.97 Å². The van der Waals surface area contributed by atoms with E-state index in [-0.39, 0.29) is 0 Å². The number of hydrogen-bond donors (Lipinski definition) is 2. The largest absolute Gasteiger partial charge is 0.397 e.